The Balaban J connectivity index is 2.02. The van der Waals surface area contributed by atoms with E-state index < -0.39 is 0 Å². The van der Waals surface area contributed by atoms with Gasteiger partial charge in [0.2, 0.25) is 0 Å². The predicted molar refractivity (Wildman–Crippen MR) is 78.7 cm³/mol. The maximum Gasteiger partial charge on any atom is 0.177 e. The van der Waals surface area contributed by atoms with E-state index in [1.165, 1.54) is 5.56 Å². The first kappa shape index (κ1) is 14.3. The molecular formula is C17H24O2. The fraction of sp³-hybridized carbons (Fsp3) is 0.529. The molecule has 0 unspecified atom stereocenters. The lowest BCUT2D eigenvalue weighted by atomic mass is 9.80. The Bertz CT molecular complexity index is 420. The molecule has 1 saturated heterocycles. The van der Waals surface area contributed by atoms with Crippen molar-refractivity contribution in [3.8, 4) is 0 Å². The van der Waals surface area contributed by atoms with E-state index in [4.69, 9.17) is 9.47 Å². The minimum atomic E-state index is -0.236. The molecule has 1 fully saturated rings. The lowest BCUT2D eigenvalue weighted by Gasteiger charge is -2.43. The molecular weight excluding hydrogens is 236 g/mol. The highest BCUT2D eigenvalue weighted by Crippen LogP contribution is 2.34. The molecule has 0 radical (unpaired) electrons. The normalized spacial score (nSPS) is 27.0. The van der Waals surface area contributed by atoms with Crippen LogP contribution in [0.2, 0.25) is 0 Å². The summed E-state index contributed by atoms with van der Waals surface area (Å²) in [5.41, 5.74) is 1.24. The van der Waals surface area contributed by atoms with Gasteiger partial charge in [-0.25, -0.2) is 0 Å². The highest BCUT2D eigenvalue weighted by atomic mass is 16.7. The van der Waals surface area contributed by atoms with Gasteiger partial charge in [-0.2, -0.15) is 0 Å². The number of hydrogen-bond acceptors (Lipinski definition) is 2. The van der Waals surface area contributed by atoms with Gasteiger partial charge in [-0.1, -0.05) is 64.1 Å². The molecule has 0 aliphatic carbocycles. The molecule has 0 aromatic heterocycles. The Morgan fingerprint density at radius 3 is 2.53 bits per heavy atom. The van der Waals surface area contributed by atoms with Gasteiger partial charge in [0.15, 0.2) is 6.29 Å². The van der Waals surface area contributed by atoms with Crippen molar-refractivity contribution in [3.05, 3.63) is 42.0 Å². The van der Waals surface area contributed by atoms with Crippen LogP contribution < -0.4 is 0 Å². The van der Waals surface area contributed by atoms with Gasteiger partial charge in [-0.15, -0.1) is 0 Å². The Morgan fingerprint density at radius 1 is 1.21 bits per heavy atom. The van der Waals surface area contributed by atoms with Crippen molar-refractivity contribution in [2.75, 3.05) is 6.61 Å². The van der Waals surface area contributed by atoms with E-state index in [1.807, 2.05) is 24.3 Å². The fourth-order valence-corrected chi connectivity index (χ4v) is 2.66. The van der Waals surface area contributed by atoms with E-state index in [-0.39, 0.29) is 17.8 Å². The topological polar surface area (TPSA) is 18.5 Å². The third-order valence-corrected chi connectivity index (χ3v) is 3.52. The van der Waals surface area contributed by atoms with Gasteiger partial charge < -0.3 is 9.47 Å². The minimum Gasteiger partial charge on any atom is -0.348 e. The van der Waals surface area contributed by atoms with Crippen molar-refractivity contribution >= 4 is 6.08 Å². The summed E-state index contributed by atoms with van der Waals surface area (Å²) in [6.07, 6.45) is 4.05. The van der Waals surface area contributed by atoms with E-state index in [1.54, 1.807) is 0 Å². The second-order valence-electron chi connectivity index (χ2n) is 6.24. The van der Waals surface area contributed by atoms with Gasteiger partial charge in [0.25, 0.3) is 0 Å². The molecule has 0 spiro atoms. The predicted octanol–water partition coefficient (Wildman–Crippen LogP) is 4.12. The summed E-state index contributed by atoms with van der Waals surface area (Å²) >= 11 is 0. The van der Waals surface area contributed by atoms with Crippen LogP contribution in [0.1, 0.15) is 33.3 Å². The van der Waals surface area contributed by atoms with E-state index in [0.717, 1.165) is 6.61 Å². The summed E-state index contributed by atoms with van der Waals surface area (Å²) in [5.74, 6) is 0.492. The van der Waals surface area contributed by atoms with E-state index in [9.17, 15) is 0 Å². The molecule has 2 nitrogen and oxygen atoms in total. The van der Waals surface area contributed by atoms with Crippen LogP contribution in [0.3, 0.4) is 0 Å². The lowest BCUT2D eigenvalue weighted by molar-refractivity contribution is -0.249. The van der Waals surface area contributed by atoms with Crippen LogP contribution in [-0.4, -0.2) is 19.0 Å². The zero-order chi connectivity index (χ0) is 13.9. The van der Waals surface area contributed by atoms with Crippen molar-refractivity contribution in [1.82, 2.24) is 0 Å². The lowest BCUT2D eigenvalue weighted by Crippen LogP contribution is -2.47. The Morgan fingerprint density at radius 2 is 1.89 bits per heavy atom. The smallest absolute Gasteiger partial charge is 0.177 e. The quantitative estimate of drug-likeness (QED) is 0.813. The van der Waals surface area contributed by atoms with Crippen LogP contribution in [0.25, 0.3) is 6.08 Å². The van der Waals surface area contributed by atoms with Crippen molar-refractivity contribution < 1.29 is 9.47 Å². The van der Waals surface area contributed by atoms with Crippen molar-refractivity contribution in [1.29, 1.82) is 0 Å². The Kier molecular flexibility index (Phi) is 4.43. The first-order chi connectivity index (χ1) is 8.99. The minimum absolute atomic E-state index is 0.0747. The molecule has 1 aromatic carbocycles. The summed E-state index contributed by atoms with van der Waals surface area (Å²) in [6.45, 7) is 9.55. The first-order valence-electron chi connectivity index (χ1n) is 6.99. The fourth-order valence-electron chi connectivity index (χ4n) is 2.66. The SMILES string of the molecule is CC(C)[C@@H]1O[C@@H](/C=C/c2ccccc2)OCC1(C)C. The van der Waals surface area contributed by atoms with Gasteiger partial charge >= 0.3 is 0 Å². The summed E-state index contributed by atoms with van der Waals surface area (Å²) in [6, 6.07) is 10.2. The highest BCUT2D eigenvalue weighted by Gasteiger charge is 2.39. The molecule has 19 heavy (non-hydrogen) atoms. The molecule has 2 heteroatoms. The molecule has 1 aliphatic heterocycles. The monoisotopic (exact) mass is 260 g/mol. The van der Waals surface area contributed by atoms with Gasteiger partial charge in [0.1, 0.15) is 0 Å². The second-order valence-corrected chi connectivity index (χ2v) is 6.24. The summed E-state index contributed by atoms with van der Waals surface area (Å²) in [4.78, 5) is 0. The van der Waals surface area contributed by atoms with Crippen molar-refractivity contribution in [2.45, 2.75) is 40.1 Å². The molecule has 0 N–H and O–H groups in total. The molecule has 104 valence electrons. The largest absolute Gasteiger partial charge is 0.348 e. The molecule has 2 atom stereocenters. The number of rotatable bonds is 3. The van der Waals surface area contributed by atoms with Gasteiger partial charge in [0, 0.05) is 5.41 Å². The van der Waals surface area contributed by atoms with Crippen LogP contribution >= 0.6 is 0 Å². The average molecular weight is 260 g/mol. The number of benzene rings is 1. The second kappa shape index (κ2) is 5.89. The Hall–Kier alpha value is -1.12. The van der Waals surface area contributed by atoms with E-state index >= 15 is 0 Å². The number of ether oxygens (including phenoxy) is 2. The molecule has 1 aromatic rings. The van der Waals surface area contributed by atoms with Gasteiger partial charge in [-0.3, -0.25) is 0 Å². The molecule has 0 amide bonds. The Labute approximate surface area is 116 Å². The van der Waals surface area contributed by atoms with E-state index in [2.05, 4.69) is 45.9 Å². The van der Waals surface area contributed by atoms with Crippen LogP contribution in [0, 0.1) is 11.3 Å². The van der Waals surface area contributed by atoms with Gasteiger partial charge in [0.05, 0.1) is 12.7 Å². The molecule has 2 rings (SSSR count). The third kappa shape index (κ3) is 3.68. The van der Waals surface area contributed by atoms with E-state index in [0.29, 0.717) is 5.92 Å². The molecule has 0 bridgehead atoms. The zero-order valence-electron chi connectivity index (χ0n) is 12.3. The molecule has 0 saturated carbocycles. The van der Waals surface area contributed by atoms with Crippen LogP contribution in [0.5, 0.6) is 0 Å². The average Bonchev–Trinajstić information content (AvgIpc) is 2.38. The molecule has 1 aliphatic rings. The summed E-state index contributed by atoms with van der Waals surface area (Å²) < 4.78 is 11.9. The number of hydrogen-bond donors (Lipinski definition) is 0. The summed E-state index contributed by atoms with van der Waals surface area (Å²) in [7, 11) is 0. The molecule has 1 heterocycles. The zero-order valence-corrected chi connectivity index (χ0v) is 12.3. The maximum absolute atomic E-state index is 6.08. The van der Waals surface area contributed by atoms with Crippen LogP contribution in [0.15, 0.2) is 36.4 Å². The summed E-state index contributed by atoms with van der Waals surface area (Å²) in [5, 5.41) is 0. The first-order valence-corrected chi connectivity index (χ1v) is 6.99. The van der Waals surface area contributed by atoms with Crippen LogP contribution in [0.4, 0.5) is 0 Å². The van der Waals surface area contributed by atoms with Crippen molar-refractivity contribution in [3.63, 3.8) is 0 Å². The van der Waals surface area contributed by atoms with Gasteiger partial charge in [-0.05, 0) is 17.6 Å². The third-order valence-electron chi connectivity index (χ3n) is 3.52. The van der Waals surface area contributed by atoms with Crippen molar-refractivity contribution in [2.24, 2.45) is 11.3 Å². The van der Waals surface area contributed by atoms with Crippen LogP contribution in [-0.2, 0) is 9.47 Å². The standard InChI is InChI=1S/C17H24O2/c1-13(2)16-17(3,4)12-18-15(19-16)11-10-14-8-6-5-7-9-14/h5-11,13,15-16H,12H2,1-4H3/b11-10+/t15-,16-/m0/s1. The highest BCUT2D eigenvalue weighted by molar-refractivity contribution is 5.49. The maximum atomic E-state index is 6.08.